The van der Waals surface area contributed by atoms with Gasteiger partial charge in [0.2, 0.25) is 12.5 Å². The summed E-state index contributed by atoms with van der Waals surface area (Å²) in [6.07, 6.45) is 0.566. The Morgan fingerprint density at radius 3 is 2.43 bits per heavy atom. The lowest BCUT2D eigenvalue weighted by molar-refractivity contribution is -0.159. The predicted molar refractivity (Wildman–Crippen MR) is 96.1 cm³/mol. The Kier molecular flexibility index (Phi) is 7.58. The smallest absolute Gasteiger partial charge is 0.414 e. The molecule has 0 amide bonds. The molecular weight excluding hydrogens is 373 g/mol. The van der Waals surface area contributed by atoms with E-state index >= 15 is 0 Å². The minimum atomic E-state index is -1.82. The number of carbonyl (C=O) groups is 2. The molecule has 0 aromatic heterocycles. The first-order chi connectivity index (χ1) is 13.4. The first-order valence-corrected chi connectivity index (χ1v) is 8.34. The standard InChI is InChI=1S/C17H18FNO3.C2H2O4/c1-19-10-9-14(12-5-7-13(18)8-6-12)22-16-4-2-3-15-17(16)21-11-20-15;3-1(4)2(5)6/h2-8,14,19H,9-11H2,1H3;(H,3,4)(H,5,6). The first kappa shape index (κ1) is 21.0. The van der Waals surface area contributed by atoms with Gasteiger partial charge in [-0.2, -0.15) is 0 Å². The van der Waals surface area contributed by atoms with Crippen molar-refractivity contribution in [1.29, 1.82) is 0 Å². The molecule has 1 unspecified atom stereocenters. The highest BCUT2D eigenvalue weighted by atomic mass is 19.1. The van der Waals surface area contributed by atoms with Crippen LogP contribution in [0.4, 0.5) is 4.39 Å². The van der Waals surface area contributed by atoms with Gasteiger partial charge in [0, 0.05) is 6.42 Å². The predicted octanol–water partition coefficient (Wildman–Crippen LogP) is 2.44. The van der Waals surface area contributed by atoms with E-state index in [0.717, 1.165) is 18.5 Å². The Hall–Kier alpha value is -3.33. The van der Waals surface area contributed by atoms with E-state index in [1.54, 1.807) is 12.1 Å². The first-order valence-electron chi connectivity index (χ1n) is 8.34. The fourth-order valence-corrected chi connectivity index (χ4v) is 2.40. The monoisotopic (exact) mass is 393 g/mol. The van der Waals surface area contributed by atoms with Gasteiger partial charge < -0.3 is 29.7 Å². The number of ether oxygens (including phenoxy) is 3. The highest BCUT2D eigenvalue weighted by molar-refractivity contribution is 6.27. The van der Waals surface area contributed by atoms with E-state index in [4.69, 9.17) is 34.0 Å². The molecule has 1 atom stereocenters. The molecule has 8 nitrogen and oxygen atoms in total. The molecule has 1 aliphatic rings. The molecule has 0 aliphatic carbocycles. The summed E-state index contributed by atoms with van der Waals surface area (Å²) in [6, 6.07) is 11.9. The van der Waals surface area contributed by atoms with Gasteiger partial charge in [0.25, 0.3) is 0 Å². The number of rotatable bonds is 6. The van der Waals surface area contributed by atoms with Crippen LogP contribution >= 0.6 is 0 Å². The van der Waals surface area contributed by atoms with Crippen LogP contribution in [0.2, 0.25) is 0 Å². The zero-order valence-corrected chi connectivity index (χ0v) is 15.1. The van der Waals surface area contributed by atoms with Crippen molar-refractivity contribution in [1.82, 2.24) is 5.32 Å². The summed E-state index contributed by atoms with van der Waals surface area (Å²) in [7, 11) is 1.89. The van der Waals surface area contributed by atoms with E-state index in [1.165, 1.54) is 12.1 Å². The van der Waals surface area contributed by atoms with Gasteiger partial charge in [0.05, 0.1) is 0 Å². The van der Waals surface area contributed by atoms with Crippen LogP contribution in [0.3, 0.4) is 0 Å². The maximum Gasteiger partial charge on any atom is 0.414 e. The van der Waals surface area contributed by atoms with Gasteiger partial charge in [-0.15, -0.1) is 0 Å². The van der Waals surface area contributed by atoms with Crippen LogP contribution < -0.4 is 19.5 Å². The molecule has 3 N–H and O–H groups in total. The largest absolute Gasteiger partial charge is 0.482 e. The average Bonchev–Trinajstić information content (AvgIpc) is 3.16. The van der Waals surface area contributed by atoms with Crippen LogP contribution in [0.15, 0.2) is 42.5 Å². The lowest BCUT2D eigenvalue weighted by Crippen LogP contribution is -2.16. The van der Waals surface area contributed by atoms with E-state index in [2.05, 4.69) is 5.32 Å². The van der Waals surface area contributed by atoms with E-state index in [1.807, 2.05) is 25.2 Å². The number of nitrogens with one attached hydrogen (secondary N) is 1. The van der Waals surface area contributed by atoms with Crippen LogP contribution in [0.25, 0.3) is 0 Å². The molecule has 0 spiro atoms. The number of halogens is 1. The van der Waals surface area contributed by atoms with Crippen LogP contribution in [0.5, 0.6) is 17.2 Å². The van der Waals surface area contributed by atoms with E-state index < -0.39 is 11.9 Å². The molecule has 2 aromatic rings. The van der Waals surface area contributed by atoms with Gasteiger partial charge in [-0.25, -0.2) is 14.0 Å². The Bertz CT molecular complexity index is 798. The average molecular weight is 393 g/mol. The van der Waals surface area contributed by atoms with Gasteiger partial charge in [0.1, 0.15) is 11.9 Å². The number of fused-ring (bicyclic) bond motifs is 1. The van der Waals surface area contributed by atoms with Crippen molar-refractivity contribution in [3.8, 4) is 17.2 Å². The number of hydrogen-bond donors (Lipinski definition) is 3. The number of carboxylic acid groups (broad SMARTS) is 2. The lowest BCUT2D eigenvalue weighted by atomic mass is 10.1. The van der Waals surface area contributed by atoms with Crippen molar-refractivity contribution in [3.05, 3.63) is 53.8 Å². The van der Waals surface area contributed by atoms with Crippen molar-refractivity contribution in [2.45, 2.75) is 12.5 Å². The summed E-state index contributed by atoms with van der Waals surface area (Å²) in [5.41, 5.74) is 0.924. The minimum absolute atomic E-state index is 0.191. The van der Waals surface area contributed by atoms with Crippen LogP contribution in [-0.2, 0) is 9.59 Å². The third kappa shape index (κ3) is 5.85. The molecule has 0 fully saturated rings. The fourth-order valence-electron chi connectivity index (χ4n) is 2.40. The number of hydrogen-bond acceptors (Lipinski definition) is 6. The molecular formula is C19H20FNO7. The van der Waals surface area contributed by atoms with Gasteiger partial charge in [0.15, 0.2) is 11.5 Å². The SMILES string of the molecule is CNCCC(Oc1cccc2c1OCO2)c1ccc(F)cc1.O=C(O)C(=O)O. The number of aliphatic carboxylic acids is 2. The molecule has 28 heavy (non-hydrogen) atoms. The number of benzene rings is 2. The second-order valence-electron chi connectivity index (χ2n) is 5.65. The number of carboxylic acids is 2. The zero-order valence-electron chi connectivity index (χ0n) is 15.1. The minimum Gasteiger partial charge on any atom is -0.482 e. The summed E-state index contributed by atoms with van der Waals surface area (Å²) < 4.78 is 30.1. The molecule has 0 radical (unpaired) electrons. The van der Waals surface area contributed by atoms with Crippen molar-refractivity contribution in [2.24, 2.45) is 0 Å². The molecule has 2 aromatic carbocycles. The topological polar surface area (TPSA) is 114 Å². The summed E-state index contributed by atoms with van der Waals surface area (Å²) in [4.78, 5) is 18.2. The van der Waals surface area contributed by atoms with E-state index in [0.29, 0.717) is 17.2 Å². The van der Waals surface area contributed by atoms with Crippen LogP contribution in [0.1, 0.15) is 18.1 Å². The van der Waals surface area contributed by atoms with Gasteiger partial charge >= 0.3 is 11.9 Å². The molecule has 0 saturated carbocycles. The fraction of sp³-hybridized carbons (Fsp3) is 0.263. The Balaban J connectivity index is 0.000000409. The molecule has 150 valence electrons. The normalized spacial score (nSPS) is 12.5. The summed E-state index contributed by atoms with van der Waals surface area (Å²) >= 11 is 0. The maximum absolute atomic E-state index is 13.1. The highest BCUT2D eigenvalue weighted by Gasteiger charge is 2.22. The van der Waals surface area contributed by atoms with Crippen LogP contribution in [0, 0.1) is 5.82 Å². The summed E-state index contributed by atoms with van der Waals surface area (Å²) in [5.74, 6) is -1.96. The van der Waals surface area contributed by atoms with Gasteiger partial charge in [-0.3, -0.25) is 0 Å². The third-order valence-corrected chi connectivity index (χ3v) is 3.71. The molecule has 0 bridgehead atoms. The number of para-hydroxylation sites is 1. The molecule has 9 heteroatoms. The highest BCUT2D eigenvalue weighted by Crippen LogP contribution is 2.42. The lowest BCUT2D eigenvalue weighted by Gasteiger charge is -2.20. The summed E-state index contributed by atoms with van der Waals surface area (Å²) in [6.45, 7) is 0.988. The second-order valence-corrected chi connectivity index (χ2v) is 5.65. The van der Waals surface area contributed by atoms with E-state index in [9.17, 15) is 4.39 Å². The van der Waals surface area contributed by atoms with Gasteiger partial charge in [-0.05, 0) is 43.4 Å². The zero-order chi connectivity index (χ0) is 20.5. The maximum atomic E-state index is 13.1. The quantitative estimate of drug-likeness (QED) is 0.641. The summed E-state index contributed by atoms with van der Waals surface area (Å²) in [5, 5.41) is 17.9. The Labute approximate surface area is 160 Å². The van der Waals surface area contributed by atoms with Crippen molar-refractivity contribution < 1.29 is 38.4 Å². The Morgan fingerprint density at radius 2 is 1.82 bits per heavy atom. The molecule has 1 heterocycles. The second kappa shape index (κ2) is 10.1. The van der Waals surface area contributed by atoms with Gasteiger partial charge in [-0.1, -0.05) is 18.2 Å². The van der Waals surface area contributed by atoms with Crippen molar-refractivity contribution in [3.63, 3.8) is 0 Å². The molecule has 0 saturated heterocycles. The molecule has 1 aliphatic heterocycles. The van der Waals surface area contributed by atoms with Crippen LogP contribution in [-0.4, -0.2) is 42.5 Å². The molecule has 3 rings (SSSR count). The third-order valence-electron chi connectivity index (χ3n) is 3.71. The van der Waals surface area contributed by atoms with Crippen molar-refractivity contribution >= 4 is 11.9 Å². The van der Waals surface area contributed by atoms with Crippen molar-refractivity contribution in [2.75, 3.05) is 20.4 Å². The Morgan fingerprint density at radius 1 is 1.14 bits per heavy atom. The van der Waals surface area contributed by atoms with E-state index in [-0.39, 0.29) is 18.7 Å².